The summed E-state index contributed by atoms with van der Waals surface area (Å²) in [6.07, 6.45) is 5.68. The van der Waals surface area contributed by atoms with E-state index < -0.39 is 0 Å². The number of hydrogen-bond acceptors (Lipinski definition) is 3. The summed E-state index contributed by atoms with van der Waals surface area (Å²) in [4.78, 5) is 14.2. The minimum atomic E-state index is 0.0355. The van der Waals surface area contributed by atoms with Crippen molar-refractivity contribution in [2.24, 2.45) is 5.73 Å². The van der Waals surface area contributed by atoms with Gasteiger partial charge < -0.3 is 11.1 Å². The Morgan fingerprint density at radius 1 is 1.53 bits per heavy atom. The van der Waals surface area contributed by atoms with Gasteiger partial charge in [0, 0.05) is 17.5 Å². The Kier molecular flexibility index (Phi) is 4.18. The van der Waals surface area contributed by atoms with Crippen molar-refractivity contribution in [3.05, 3.63) is 21.4 Å². The zero-order valence-electron chi connectivity index (χ0n) is 10.3. The van der Waals surface area contributed by atoms with Crippen molar-refractivity contribution < 1.29 is 4.79 Å². The van der Waals surface area contributed by atoms with E-state index in [-0.39, 0.29) is 11.9 Å². The van der Waals surface area contributed by atoms with Gasteiger partial charge in [-0.25, -0.2) is 0 Å². The predicted molar refractivity (Wildman–Crippen MR) is 71.6 cm³/mol. The predicted octanol–water partition coefficient (Wildman–Crippen LogP) is 2.09. The molecule has 1 atom stereocenters. The van der Waals surface area contributed by atoms with Gasteiger partial charge in [0.05, 0.1) is 4.88 Å². The van der Waals surface area contributed by atoms with Crippen LogP contribution in [0.4, 0.5) is 0 Å². The quantitative estimate of drug-likeness (QED) is 0.862. The maximum absolute atomic E-state index is 11.9. The average molecular weight is 252 g/mol. The fourth-order valence-corrected chi connectivity index (χ4v) is 3.23. The molecule has 3 N–H and O–H groups in total. The first-order chi connectivity index (χ1) is 8.20. The molecule has 0 bridgehead atoms. The van der Waals surface area contributed by atoms with Crippen LogP contribution in [0.25, 0.3) is 0 Å². The van der Waals surface area contributed by atoms with E-state index in [1.807, 2.05) is 6.92 Å². The standard InChI is InChI=1S/C13H20N2OS/c1-2-10(14)8-15-13(16)12-7-9-5-3-4-6-11(9)17-12/h7,10H,2-6,8,14H2,1H3,(H,15,16). The van der Waals surface area contributed by atoms with Crippen LogP contribution >= 0.6 is 11.3 Å². The first-order valence-electron chi connectivity index (χ1n) is 6.36. The summed E-state index contributed by atoms with van der Waals surface area (Å²) in [6, 6.07) is 2.12. The lowest BCUT2D eigenvalue weighted by Crippen LogP contribution is -2.36. The Morgan fingerprint density at radius 2 is 2.29 bits per heavy atom. The van der Waals surface area contributed by atoms with Crippen LogP contribution in [-0.4, -0.2) is 18.5 Å². The van der Waals surface area contributed by atoms with Crippen LogP contribution in [0.1, 0.15) is 46.3 Å². The molecule has 1 aliphatic rings. The molecule has 0 spiro atoms. The molecule has 0 fully saturated rings. The van der Waals surface area contributed by atoms with Crippen molar-refractivity contribution in [3.8, 4) is 0 Å². The van der Waals surface area contributed by atoms with Crippen LogP contribution in [0.15, 0.2) is 6.07 Å². The maximum atomic E-state index is 11.9. The van der Waals surface area contributed by atoms with Gasteiger partial charge in [-0.1, -0.05) is 6.92 Å². The molecule has 0 aromatic carbocycles. The normalized spacial score (nSPS) is 16.4. The van der Waals surface area contributed by atoms with E-state index in [0.29, 0.717) is 6.54 Å². The molecule has 94 valence electrons. The number of amides is 1. The van der Waals surface area contributed by atoms with Crippen molar-refractivity contribution in [2.45, 2.75) is 45.1 Å². The van der Waals surface area contributed by atoms with E-state index in [1.165, 1.54) is 23.3 Å². The molecule has 1 aliphatic carbocycles. The van der Waals surface area contributed by atoms with Gasteiger partial charge in [0.1, 0.15) is 0 Å². The summed E-state index contributed by atoms with van der Waals surface area (Å²) in [5.41, 5.74) is 7.17. The second-order valence-electron chi connectivity index (χ2n) is 4.64. The molecule has 1 amide bonds. The third kappa shape index (κ3) is 3.07. The summed E-state index contributed by atoms with van der Waals surface area (Å²) < 4.78 is 0. The van der Waals surface area contributed by atoms with Gasteiger partial charge in [-0.3, -0.25) is 4.79 Å². The molecular formula is C13H20N2OS. The van der Waals surface area contributed by atoms with Crippen molar-refractivity contribution in [2.75, 3.05) is 6.54 Å². The van der Waals surface area contributed by atoms with Gasteiger partial charge in [-0.2, -0.15) is 0 Å². The summed E-state index contributed by atoms with van der Waals surface area (Å²) in [5.74, 6) is 0.0355. The topological polar surface area (TPSA) is 55.1 Å². The van der Waals surface area contributed by atoms with Gasteiger partial charge in [0.25, 0.3) is 5.91 Å². The largest absolute Gasteiger partial charge is 0.350 e. The van der Waals surface area contributed by atoms with E-state index in [9.17, 15) is 4.79 Å². The van der Waals surface area contributed by atoms with Crippen molar-refractivity contribution >= 4 is 17.2 Å². The molecule has 0 saturated carbocycles. The second-order valence-corrected chi connectivity index (χ2v) is 5.78. The highest BCUT2D eigenvalue weighted by atomic mass is 32.1. The fraction of sp³-hybridized carbons (Fsp3) is 0.615. The molecule has 3 nitrogen and oxygen atoms in total. The van der Waals surface area contributed by atoms with Gasteiger partial charge in [-0.15, -0.1) is 11.3 Å². The lowest BCUT2D eigenvalue weighted by molar-refractivity contribution is 0.0955. The number of rotatable bonds is 4. The van der Waals surface area contributed by atoms with E-state index in [0.717, 1.165) is 24.1 Å². The summed E-state index contributed by atoms with van der Waals surface area (Å²) in [7, 11) is 0. The van der Waals surface area contributed by atoms with Crippen LogP contribution in [0, 0.1) is 0 Å². The molecule has 1 heterocycles. The number of carbonyl (C=O) groups excluding carboxylic acids is 1. The lowest BCUT2D eigenvalue weighted by Gasteiger charge is -2.09. The Hall–Kier alpha value is -0.870. The number of fused-ring (bicyclic) bond motifs is 1. The number of carbonyl (C=O) groups is 1. The minimum Gasteiger partial charge on any atom is -0.350 e. The minimum absolute atomic E-state index is 0.0355. The molecule has 0 radical (unpaired) electrons. The van der Waals surface area contributed by atoms with Crippen LogP contribution < -0.4 is 11.1 Å². The molecule has 4 heteroatoms. The van der Waals surface area contributed by atoms with Crippen molar-refractivity contribution in [1.29, 1.82) is 0 Å². The first kappa shape index (κ1) is 12.6. The molecule has 1 unspecified atom stereocenters. The smallest absolute Gasteiger partial charge is 0.261 e. The number of nitrogens with two attached hydrogens (primary N) is 1. The Balaban J connectivity index is 1.97. The summed E-state index contributed by atoms with van der Waals surface area (Å²) >= 11 is 1.65. The zero-order valence-corrected chi connectivity index (χ0v) is 11.1. The molecule has 1 aromatic heterocycles. The van der Waals surface area contributed by atoms with E-state index in [1.54, 1.807) is 11.3 Å². The maximum Gasteiger partial charge on any atom is 0.261 e. The van der Waals surface area contributed by atoms with Crippen molar-refractivity contribution in [3.63, 3.8) is 0 Å². The lowest BCUT2D eigenvalue weighted by atomic mass is 9.99. The van der Waals surface area contributed by atoms with Gasteiger partial charge in [0.15, 0.2) is 0 Å². The zero-order chi connectivity index (χ0) is 12.3. The van der Waals surface area contributed by atoms with Gasteiger partial charge in [0.2, 0.25) is 0 Å². The van der Waals surface area contributed by atoms with E-state index >= 15 is 0 Å². The van der Waals surface area contributed by atoms with Gasteiger partial charge in [-0.05, 0) is 43.7 Å². The van der Waals surface area contributed by atoms with Crippen LogP contribution in [0.5, 0.6) is 0 Å². The molecule has 2 rings (SSSR count). The van der Waals surface area contributed by atoms with E-state index in [4.69, 9.17) is 5.73 Å². The number of thiophene rings is 1. The highest BCUT2D eigenvalue weighted by molar-refractivity contribution is 7.14. The van der Waals surface area contributed by atoms with E-state index in [2.05, 4.69) is 11.4 Å². The summed E-state index contributed by atoms with van der Waals surface area (Å²) in [5, 5.41) is 2.91. The number of hydrogen-bond donors (Lipinski definition) is 2. The van der Waals surface area contributed by atoms with Crippen molar-refractivity contribution in [1.82, 2.24) is 5.32 Å². The molecular weight excluding hydrogens is 232 g/mol. The molecule has 0 aliphatic heterocycles. The first-order valence-corrected chi connectivity index (χ1v) is 7.17. The Morgan fingerprint density at radius 3 is 3.00 bits per heavy atom. The monoisotopic (exact) mass is 252 g/mol. The Labute approximate surface area is 106 Å². The third-order valence-corrected chi connectivity index (χ3v) is 4.51. The third-order valence-electron chi connectivity index (χ3n) is 3.27. The number of nitrogens with one attached hydrogen (secondary N) is 1. The molecule has 1 aromatic rings. The van der Waals surface area contributed by atoms with Gasteiger partial charge >= 0.3 is 0 Å². The highest BCUT2D eigenvalue weighted by Crippen LogP contribution is 2.29. The summed E-state index contributed by atoms with van der Waals surface area (Å²) in [6.45, 7) is 2.60. The SMILES string of the molecule is CCC(N)CNC(=O)c1cc2c(s1)CCCC2. The average Bonchev–Trinajstić information content (AvgIpc) is 2.79. The highest BCUT2D eigenvalue weighted by Gasteiger charge is 2.17. The fourth-order valence-electron chi connectivity index (χ4n) is 2.06. The molecule has 0 saturated heterocycles. The van der Waals surface area contributed by atoms with Crippen LogP contribution in [-0.2, 0) is 12.8 Å². The van der Waals surface area contributed by atoms with Crippen LogP contribution in [0.2, 0.25) is 0 Å². The Bertz CT molecular complexity index is 377. The second kappa shape index (κ2) is 5.65. The van der Waals surface area contributed by atoms with Crippen LogP contribution in [0.3, 0.4) is 0 Å². The molecule has 17 heavy (non-hydrogen) atoms. The number of aryl methyl sites for hydroxylation is 2.